The van der Waals surface area contributed by atoms with Gasteiger partial charge in [-0.15, -0.1) is 0 Å². The number of amides is 2. The van der Waals surface area contributed by atoms with E-state index < -0.39 is 12.0 Å². The van der Waals surface area contributed by atoms with E-state index in [4.69, 9.17) is 14.9 Å². The van der Waals surface area contributed by atoms with Crippen LogP contribution in [0.4, 0.5) is 5.69 Å². The predicted molar refractivity (Wildman–Crippen MR) is 72.3 cm³/mol. The van der Waals surface area contributed by atoms with Crippen molar-refractivity contribution in [1.29, 1.82) is 0 Å². The van der Waals surface area contributed by atoms with E-state index in [1.165, 1.54) is 0 Å². The highest BCUT2D eigenvalue weighted by Gasteiger charge is 2.27. The first-order valence-electron chi connectivity index (χ1n) is 6.40. The Kier molecular flexibility index (Phi) is 3.15. The van der Waals surface area contributed by atoms with Crippen LogP contribution < -0.4 is 11.1 Å². The minimum absolute atomic E-state index is 0.0439. The highest BCUT2D eigenvalue weighted by molar-refractivity contribution is 6.11. The van der Waals surface area contributed by atoms with Crippen LogP contribution in [0.5, 0.6) is 0 Å². The number of furan rings is 1. The molecule has 0 radical (unpaired) electrons. The molecule has 1 aromatic carbocycles. The molecule has 1 aliphatic heterocycles. The Morgan fingerprint density at radius 2 is 2.10 bits per heavy atom. The first-order valence-corrected chi connectivity index (χ1v) is 6.40. The maximum Gasteiger partial charge on any atom is 0.286 e. The van der Waals surface area contributed by atoms with E-state index in [1.807, 2.05) is 0 Å². The zero-order valence-corrected chi connectivity index (χ0v) is 10.7. The smallest absolute Gasteiger partial charge is 0.286 e. The number of benzene rings is 1. The van der Waals surface area contributed by atoms with E-state index >= 15 is 0 Å². The number of rotatable bonds is 3. The number of primary amides is 1. The van der Waals surface area contributed by atoms with Crippen LogP contribution in [-0.4, -0.2) is 24.5 Å². The average molecular weight is 274 g/mol. The highest BCUT2D eigenvalue weighted by Crippen LogP contribution is 2.31. The molecular weight excluding hydrogens is 260 g/mol. The van der Waals surface area contributed by atoms with E-state index in [1.54, 1.807) is 24.3 Å². The Morgan fingerprint density at radius 1 is 1.30 bits per heavy atom. The van der Waals surface area contributed by atoms with Crippen LogP contribution in [0.1, 0.15) is 23.4 Å². The Hall–Kier alpha value is -2.34. The Labute approximate surface area is 114 Å². The predicted octanol–water partition coefficient (Wildman–Crippen LogP) is 1.65. The summed E-state index contributed by atoms with van der Waals surface area (Å²) in [7, 11) is 0. The monoisotopic (exact) mass is 274 g/mol. The van der Waals surface area contributed by atoms with Crippen molar-refractivity contribution in [2.45, 2.75) is 18.9 Å². The molecule has 0 spiro atoms. The molecule has 104 valence electrons. The fraction of sp³-hybridized carbons (Fsp3) is 0.286. The van der Waals surface area contributed by atoms with Gasteiger partial charge in [0.1, 0.15) is 17.4 Å². The third-order valence-corrected chi connectivity index (χ3v) is 3.29. The summed E-state index contributed by atoms with van der Waals surface area (Å²) in [6, 6.07) is 7.05. The maximum atomic E-state index is 12.1. The van der Waals surface area contributed by atoms with Crippen LogP contribution in [0.3, 0.4) is 0 Å². The van der Waals surface area contributed by atoms with Crippen LogP contribution in [0.15, 0.2) is 28.7 Å². The SMILES string of the molecule is NC(=O)c1oc2ccccc2c1NC(=O)C1CCCO1. The highest BCUT2D eigenvalue weighted by atomic mass is 16.5. The van der Waals surface area contributed by atoms with Crippen molar-refractivity contribution in [3.05, 3.63) is 30.0 Å². The van der Waals surface area contributed by atoms with Crippen molar-refractivity contribution in [3.63, 3.8) is 0 Å². The van der Waals surface area contributed by atoms with E-state index in [0.29, 0.717) is 29.7 Å². The summed E-state index contributed by atoms with van der Waals surface area (Å²) in [6.45, 7) is 0.576. The number of nitrogens with two attached hydrogens (primary N) is 1. The van der Waals surface area contributed by atoms with Gasteiger partial charge in [0.25, 0.3) is 11.8 Å². The van der Waals surface area contributed by atoms with Gasteiger partial charge in [0, 0.05) is 12.0 Å². The van der Waals surface area contributed by atoms with Crippen LogP contribution in [0, 0.1) is 0 Å². The van der Waals surface area contributed by atoms with Gasteiger partial charge in [-0.3, -0.25) is 9.59 Å². The first kappa shape index (κ1) is 12.7. The van der Waals surface area contributed by atoms with Crippen molar-refractivity contribution in [1.82, 2.24) is 0 Å². The van der Waals surface area contributed by atoms with Crippen molar-refractivity contribution in [2.75, 3.05) is 11.9 Å². The maximum absolute atomic E-state index is 12.1. The van der Waals surface area contributed by atoms with E-state index in [2.05, 4.69) is 5.32 Å². The third kappa shape index (κ3) is 2.14. The van der Waals surface area contributed by atoms with Gasteiger partial charge in [0.05, 0.1) is 0 Å². The van der Waals surface area contributed by atoms with Crippen LogP contribution in [0.2, 0.25) is 0 Å². The number of para-hydroxylation sites is 1. The molecule has 1 saturated heterocycles. The number of ether oxygens (including phenoxy) is 1. The normalized spacial score (nSPS) is 18.3. The van der Waals surface area contributed by atoms with Gasteiger partial charge in [-0.05, 0) is 25.0 Å². The number of anilines is 1. The Morgan fingerprint density at radius 3 is 2.80 bits per heavy atom. The number of nitrogens with one attached hydrogen (secondary N) is 1. The molecule has 0 aliphatic carbocycles. The Bertz CT molecular complexity index is 671. The second kappa shape index (κ2) is 4.97. The fourth-order valence-corrected chi connectivity index (χ4v) is 2.33. The molecule has 1 aromatic heterocycles. The van der Waals surface area contributed by atoms with Crippen LogP contribution >= 0.6 is 0 Å². The summed E-state index contributed by atoms with van der Waals surface area (Å²) in [5, 5.41) is 3.34. The van der Waals surface area contributed by atoms with Crippen molar-refractivity contribution in [3.8, 4) is 0 Å². The second-order valence-corrected chi connectivity index (χ2v) is 4.66. The van der Waals surface area contributed by atoms with E-state index in [-0.39, 0.29) is 11.7 Å². The topological polar surface area (TPSA) is 94.6 Å². The summed E-state index contributed by atoms with van der Waals surface area (Å²) < 4.78 is 10.7. The molecular formula is C14H14N2O4. The molecule has 1 unspecified atom stereocenters. The largest absolute Gasteiger partial charge is 0.449 e. The van der Waals surface area contributed by atoms with Crippen LogP contribution in [0.25, 0.3) is 11.0 Å². The number of carbonyl (C=O) groups is 2. The lowest BCUT2D eigenvalue weighted by atomic mass is 10.2. The second-order valence-electron chi connectivity index (χ2n) is 4.66. The molecule has 1 atom stereocenters. The fourth-order valence-electron chi connectivity index (χ4n) is 2.33. The molecule has 0 bridgehead atoms. The molecule has 2 aromatic rings. The molecule has 1 fully saturated rings. The van der Waals surface area contributed by atoms with Gasteiger partial charge in [-0.25, -0.2) is 0 Å². The minimum Gasteiger partial charge on any atom is -0.449 e. The van der Waals surface area contributed by atoms with E-state index in [0.717, 1.165) is 6.42 Å². The van der Waals surface area contributed by atoms with Gasteiger partial charge in [0.2, 0.25) is 5.76 Å². The van der Waals surface area contributed by atoms with Gasteiger partial charge >= 0.3 is 0 Å². The molecule has 3 N–H and O–H groups in total. The molecule has 20 heavy (non-hydrogen) atoms. The average Bonchev–Trinajstić information content (AvgIpc) is 3.06. The molecule has 1 aliphatic rings. The quantitative estimate of drug-likeness (QED) is 0.889. The molecule has 6 heteroatoms. The molecule has 2 amide bonds. The lowest BCUT2D eigenvalue weighted by molar-refractivity contribution is -0.124. The zero-order chi connectivity index (χ0) is 14.1. The standard InChI is InChI=1S/C14H14N2O4/c15-13(17)12-11(8-4-1-2-5-9(8)20-12)16-14(18)10-6-3-7-19-10/h1-2,4-5,10H,3,6-7H2,(H2,15,17)(H,16,18). The summed E-state index contributed by atoms with van der Waals surface area (Å²) in [5.41, 5.74) is 6.11. The lowest BCUT2D eigenvalue weighted by Crippen LogP contribution is -2.27. The van der Waals surface area contributed by atoms with Crippen molar-refractivity contribution < 1.29 is 18.7 Å². The zero-order valence-electron chi connectivity index (χ0n) is 10.7. The molecule has 3 rings (SSSR count). The molecule has 6 nitrogen and oxygen atoms in total. The van der Waals surface area contributed by atoms with Crippen molar-refractivity contribution >= 4 is 28.5 Å². The van der Waals surface area contributed by atoms with Crippen LogP contribution in [-0.2, 0) is 9.53 Å². The third-order valence-electron chi connectivity index (χ3n) is 3.29. The summed E-state index contributed by atoms with van der Waals surface area (Å²) in [5.74, 6) is -1.04. The Balaban J connectivity index is 1.98. The summed E-state index contributed by atoms with van der Waals surface area (Å²) in [4.78, 5) is 23.5. The number of fused-ring (bicyclic) bond motifs is 1. The van der Waals surface area contributed by atoms with E-state index in [9.17, 15) is 9.59 Å². The van der Waals surface area contributed by atoms with Gasteiger partial charge in [0.15, 0.2) is 0 Å². The number of hydrogen-bond donors (Lipinski definition) is 2. The first-order chi connectivity index (χ1) is 9.66. The number of carbonyl (C=O) groups excluding carboxylic acids is 2. The molecule has 2 heterocycles. The van der Waals surface area contributed by atoms with Gasteiger partial charge < -0.3 is 20.2 Å². The summed E-state index contributed by atoms with van der Waals surface area (Å²) in [6.07, 6.45) is 1.05. The van der Waals surface area contributed by atoms with Crippen molar-refractivity contribution in [2.24, 2.45) is 5.73 Å². The minimum atomic E-state index is -0.719. The van der Waals surface area contributed by atoms with Gasteiger partial charge in [-0.1, -0.05) is 12.1 Å². The molecule has 0 saturated carbocycles. The number of hydrogen-bond acceptors (Lipinski definition) is 4. The summed E-state index contributed by atoms with van der Waals surface area (Å²) >= 11 is 0. The van der Waals surface area contributed by atoms with Gasteiger partial charge in [-0.2, -0.15) is 0 Å². The lowest BCUT2D eigenvalue weighted by Gasteiger charge is -2.09.